The van der Waals surface area contributed by atoms with Crippen LogP contribution in [0, 0.1) is 12.7 Å². The second-order valence-electron chi connectivity index (χ2n) is 9.47. The SMILES string of the molecule is Cc1ccc(-c2c(C3C4=C(CCCC4)C(=O)N3c3ccc(F)cc3)c3ccccc3n2C)cc1. The minimum absolute atomic E-state index is 0.0640. The van der Waals surface area contributed by atoms with Crippen molar-refractivity contribution in [3.05, 3.63) is 101 Å². The standard InChI is InChI=1S/C30H27FN2O/c1-19-11-13-20(14-12-19)28-27(25-9-5-6-10-26(25)32(28)2)29-23-7-3-4-8-24(23)30(34)33(29)22-17-15-21(31)16-18-22/h5-6,9-18,29H,3-4,7-8H2,1-2H3. The van der Waals surface area contributed by atoms with E-state index in [4.69, 9.17) is 0 Å². The third-order valence-electron chi connectivity index (χ3n) is 7.43. The molecule has 0 radical (unpaired) electrons. The molecule has 3 aromatic carbocycles. The van der Waals surface area contributed by atoms with Crippen LogP contribution in [0.1, 0.15) is 42.9 Å². The lowest BCUT2D eigenvalue weighted by molar-refractivity contribution is -0.115. The van der Waals surface area contributed by atoms with Gasteiger partial charge in [0.15, 0.2) is 0 Å². The van der Waals surface area contributed by atoms with Crippen LogP contribution in [0.25, 0.3) is 22.2 Å². The Morgan fingerprint density at radius 3 is 2.35 bits per heavy atom. The van der Waals surface area contributed by atoms with E-state index in [-0.39, 0.29) is 17.8 Å². The van der Waals surface area contributed by atoms with Crippen LogP contribution in [0.5, 0.6) is 0 Å². The molecule has 1 aromatic heterocycles. The Morgan fingerprint density at radius 2 is 1.59 bits per heavy atom. The summed E-state index contributed by atoms with van der Waals surface area (Å²) in [7, 11) is 2.11. The van der Waals surface area contributed by atoms with Gasteiger partial charge in [0, 0.05) is 34.8 Å². The van der Waals surface area contributed by atoms with Gasteiger partial charge >= 0.3 is 0 Å². The van der Waals surface area contributed by atoms with E-state index >= 15 is 0 Å². The lowest BCUT2D eigenvalue weighted by Crippen LogP contribution is -2.30. The average Bonchev–Trinajstić information content (AvgIpc) is 3.31. The molecule has 4 heteroatoms. The lowest BCUT2D eigenvalue weighted by Gasteiger charge is -2.29. The third-order valence-corrected chi connectivity index (χ3v) is 7.43. The number of para-hydroxylation sites is 1. The highest BCUT2D eigenvalue weighted by atomic mass is 19.1. The van der Waals surface area contributed by atoms with Crippen LogP contribution >= 0.6 is 0 Å². The van der Waals surface area contributed by atoms with Crippen LogP contribution in [0.2, 0.25) is 0 Å². The monoisotopic (exact) mass is 450 g/mol. The maximum Gasteiger partial charge on any atom is 0.255 e. The zero-order valence-corrected chi connectivity index (χ0v) is 19.5. The number of benzene rings is 3. The van der Waals surface area contributed by atoms with E-state index in [1.807, 2.05) is 4.90 Å². The van der Waals surface area contributed by atoms with Gasteiger partial charge < -0.3 is 4.57 Å². The number of amides is 1. The second-order valence-corrected chi connectivity index (χ2v) is 9.47. The topological polar surface area (TPSA) is 25.2 Å². The van der Waals surface area contributed by atoms with Crippen molar-refractivity contribution in [1.82, 2.24) is 4.57 Å². The van der Waals surface area contributed by atoms with Gasteiger partial charge in [0.25, 0.3) is 5.91 Å². The van der Waals surface area contributed by atoms with Crippen molar-refractivity contribution >= 4 is 22.5 Å². The number of anilines is 1. The van der Waals surface area contributed by atoms with Gasteiger partial charge in [0.2, 0.25) is 0 Å². The van der Waals surface area contributed by atoms with Gasteiger partial charge in [-0.05, 0) is 74.1 Å². The minimum atomic E-state index is -0.296. The summed E-state index contributed by atoms with van der Waals surface area (Å²) in [5.41, 5.74) is 8.70. The molecule has 0 N–H and O–H groups in total. The molecule has 2 aliphatic rings. The summed E-state index contributed by atoms with van der Waals surface area (Å²) >= 11 is 0. The molecule has 0 saturated carbocycles. The highest BCUT2D eigenvalue weighted by Crippen LogP contribution is 2.51. The van der Waals surface area contributed by atoms with Crippen LogP contribution in [0.15, 0.2) is 83.9 Å². The molecule has 2 heterocycles. The van der Waals surface area contributed by atoms with Crippen molar-refractivity contribution in [3.63, 3.8) is 0 Å². The van der Waals surface area contributed by atoms with Crippen molar-refractivity contribution in [2.24, 2.45) is 7.05 Å². The average molecular weight is 451 g/mol. The summed E-state index contributed by atoms with van der Waals surface area (Å²) in [5, 5.41) is 1.16. The fourth-order valence-electron chi connectivity index (χ4n) is 5.82. The van der Waals surface area contributed by atoms with E-state index < -0.39 is 0 Å². The molecule has 1 unspecified atom stereocenters. The Hall–Kier alpha value is -3.66. The number of hydrogen-bond acceptors (Lipinski definition) is 1. The van der Waals surface area contributed by atoms with Crippen LogP contribution in [-0.2, 0) is 11.8 Å². The Labute approximate surface area is 199 Å². The summed E-state index contributed by atoms with van der Waals surface area (Å²) in [4.78, 5) is 15.7. The van der Waals surface area contributed by atoms with Gasteiger partial charge in [-0.2, -0.15) is 0 Å². The highest BCUT2D eigenvalue weighted by molar-refractivity contribution is 6.11. The number of nitrogens with zero attached hydrogens (tertiary/aromatic N) is 2. The molecule has 1 aliphatic heterocycles. The van der Waals surface area contributed by atoms with E-state index in [1.54, 1.807) is 12.1 Å². The quantitative estimate of drug-likeness (QED) is 0.323. The molecule has 34 heavy (non-hydrogen) atoms. The molecular weight excluding hydrogens is 423 g/mol. The van der Waals surface area contributed by atoms with Crippen LogP contribution in [0.4, 0.5) is 10.1 Å². The second kappa shape index (κ2) is 7.98. The Kier molecular flexibility index (Phi) is 4.91. The molecule has 6 rings (SSSR count). The van der Waals surface area contributed by atoms with Gasteiger partial charge in [0.1, 0.15) is 5.82 Å². The molecule has 0 saturated heterocycles. The Morgan fingerprint density at radius 1 is 0.882 bits per heavy atom. The van der Waals surface area contributed by atoms with Gasteiger partial charge in [-0.15, -0.1) is 0 Å². The predicted octanol–water partition coefficient (Wildman–Crippen LogP) is 7.25. The summed E-state index contributed by atoms with van der Waals surface area (Å²) in [6.07, 6.45) is 3.85. The molecule has 3 nitrogen and oxygen atoms in total. The molecular formula is C30H27FN2O. The minimum Gasteiger partial charge on any atom is -0.343 e. The summed E-state index contributed by atoms with van der Waals surface area (Å²) in [6.45, 7) is 2.09. The van der Waals surface area contributed by atoms with Crippen LogP contribution in [-0.4, -0.2) is 10.5 Å². The fraction of sp³-hybridized carbons (Fsp3) is 0.233. The largest absolute Gasteiger partial charge is 0.343 e. The zero-order valence-electron chi connectivity index (χ0n) is 19.5. The van der Waals surface area contributed by atoms with Crippen molar-refractivity contribution < 1.29 is 9.18 Å². The van der Waals surface area contributed by atoms with Gasteiger partial charge in [-0.3, -0.25) is 9.69 Å². The maximum atomic E-state index is 13.8. The zero-order chi connectivity index (χ0) is 23.4. The number of aryl methyl sites for hydroxylation is 2. The van der Waals surface area contributed by atoms with E-state index in [0.717, 1.165) is 64.7 Å². The first-order valence-corrected chi connectivity index (χ1v) is 12.0. The van der Waals surface area contributed by atoms with Crippen LogP contribution in [0.3, 0.4) is 0 Å². The first-order valence-electron chi connectivity index (χ1n) is 12.0. The maximum absolute atomic E-state index is 13.8. The van der Waals surface area contributed by atoms with Gasteiger partial charge in [0.05, 0.1) is 11.7 Å². The molecule has 170 valence electrons. The van der Waals surface area contributed by atoms with Gasteiger partial charge in [-0.25, -0.2) is 4.39 Å². The predicted molar refractivity (Wildman–Crippen MR) is 135 cm³/mol. The fourth-order valence-corrected chi connectivity index (χ4v) is 5.82. The van der Waals surface area contributed by atoms with Crippen molar-refractivity contribution in [3.8, 4) is 11.3 Å². The number of fused-ring (bicyclic) bond motifs is 1. The first-order chi connectivity index (χ1) is 16.5. The first kappa shape index (κ1) is 20.9. The van der Waals surface area contributed by atoms with E-state index in [0.29, 0.717) is 0 Å². The number of carbonyl (C=O) groups is 1. The lowest BCUT2D eigenvalue weighted by atomic mass is 9.86. The number of carbonyl (C=O) groups excluding carboxylic acids is 1. The highest BCUT2D eigenvalue weighted by Gasteiger charge is 2.43. The Balaban J connectivity index is 1.66. The van der Waals surface area contributed by atoms with E-state index in [9.17, 15) is 9.18 Å². The third kappa shape index (κ3) is 3.12. The number of hydrogen-bond donors (Lipinski definition) is 0. The molecule has 1 amide bonds. The van der Waals surface area contributed by atoms with E-state index in [2.05, 4.69) is 67.1 Å². The molecule has 0 spiro atoms. The smallest absolute Gasteiger partial charge is 0.255 e. The van der Waals surface area contributed by atoms with E-state index in [1.165, 1.54) is 23.3 Å². The van der Waals surface area contributed by atoms with Crippen molar-refractivity contribution in [2.75, 3.05) is 4.90 Å². The molecule has 4 aromatic rings. The number of rotatable bonds is 3. The molecule has 0 bridgehead atoms. The van der Waals surface area contributed by atoms with Gasteiger partial charge in [-0.1, -0.05) is 48.0 Å². The normalized spacial score (nSPS) is 18.1. The molecule has 1 atom stereocenters. The number of halogens is 1. The summed E-state index contributed by atoms with van der Waals surface area (Å²) in [6, 6.07) is 23.2. The van der Waals surface area contributed by atoms with Crippen molar-refractivity contribution in [2.45, 2.75) is 38.6 Å². The molecule has 1 aliphatic carbocycles. The van der Waals surface area contributed by atoms with Crippen molar-refractivity contribution in [1.29, 1.82) is 0 Å². The summed E-state index contributed by atoms with van der Waals surface area (Å²) in [5.74, 6) is -0.232. The van der Waals surface area contributed by atoms with Crippen LogP contribution < -0.4 is 4.90 Å². The Bertz CT molecular complexity index is 1440. The molecule has 0 fully saturated rings. The number of aromatic nitrogens is 1. The summed E-state index contributed by atoms with van der Waals surface area (Å²) < 4.78 is 16.1.